The van der Waals surface area contributed by atoms with Crippen LogP contribution in [0.2, 0.25) is 0 Å². The van der Waals surface area contributed by atoms with Crippen LogP contribution in [0.5, 0.6) is 0 Å². The summed E-state index contributed by atoms with van der Waals surface area (Å²) in [5.41, 5.74) is -2.57. The van der Waals surface area contributed by atoms with E-state index in [-0.39, 0.29) is 29.3 Å². The van der Waals surface area contributed by atoms with Gasteiger partial charge in [-0.3, -0.25) is 0 Å². The molecule has 4 fully saturated rings. The Kier molecular flexibility index (Phi) is 11.0. The Hall–Kier alpha value is -0.740. The lowest BCUT2D eigenvalue weighted by Gasteiger charge is -2.62. The van der Waals surface area contributed by atoms with Gasteiger partial charge in [-0.15, -0.1) is 6.58 Å². The molecule has 0 amide bonds. The molecule has 4 rings (SSSR count). The molecule has 44 heavy (non-hydrogen) atoms. The van der Waals surface area contributed by atoms with Gasteiger partial charge in [0.25, 0.3) is 0 Å². The van der Waals surface area contributed by atoms with Crippen LogP contribution in [0.25, 0.3) is 0 Å². The van der Waals surface area contributed by atoms with E-state index in [4.69, 9.17) is 18.9 Å². The molecule has 2 saturated heterocycles. The fourth-order valence-electron chi connectivity index (χ4n) is 8.74. The van der Waals surface area contributed by atoms with Crippen LogP contribution in [0.3, 0.4) is 0 Å². The summed E-state index contributed by atoms with van der Waals surface area (Å²) in [6, 6.07) is 0. The molecule has 0 aromatic carbocycles. The first-order valence-electron chi connectivity index (χ1n) is 16.1. The maximum absolute atomic E-state index is 11.8. The summed E-state index contributed by atoms with van der Waals surface area (Å²) in [4.78, 5) is 0. The van der Waals surface area contributed by atoms with Gasteiger partial charge in [-0.1, -0.05) is 26.3 Å². The standard InChI is InChI=1S/C32H56O12/c1-7-30(4,44-28-26(39)24(37)22(35)18(15-33)43-28)13-9-20-31(5)12-8-11-29(3,19(31)10-14-32(20,6)40)16-41-27-25(38)23(36)21(34)17(2)42-27/h7,17-28,33-40H,1,8-16H2,2-6H3/t17-,18+,19+,20-,21-,22+,23+,24-,25+,26+,27+,28-,29-,30-,31+,32+/m0/s1. The minimum Gasteiger partial charge on any atom is -0.394 e. The van der Waals surface area contributed by atoms with Gasteiger partial charge in [0.15, 0.2) is 12.6 Å². The summed E-state index contributed by atoms with van der Waals surface area (Å²) in [6.07, 6.45) is -6.05. The summed E-state index contributed by atoms with van der Waals surface area (Å²) >= 11 is 0. The molecule has 0 radical (unpaired) electrons. The van der Waals surface area contributed by atoms with E-state index in [2.05, 4.69) is 20.4 Å². The Morgan fingerprint density at radius 3 is 2.16 bits per heavy atom. The highest BCUT2D eigenvalue weighted by atomic mass is 16.7. The first-order chi connectivity index (χ1) is 20.4. The fourth-order valence-corrected chi connectivity index (χ4v) is 8.74. The quantitative estimate of drug-likeness (QED) is 0.154. The molecule has 0 unspecified atom stereocenters. The van der Waals surface area contributed by atoms with E-state index in [1.807, 2.05) is 6.92 Å². The molecule has 2 heterocycles. The number of hydrogen-bond donors (Lipinski definition) is 8. The van der Waals surface area contributed by atoms with E-state index >= 15 is 0 Å². The topological polar surface area (TPSA) is 199 Å². The number of aliphatic hydroxyl groups is 8. The van der Waals surface area contributed by atoms with E-state index < -0.39 is 79.2 Å². The second kappa shape index (κ2) is 13.4. The summed E-state index contributed by atoms with van der Waals surface area (Å²) in [7, 11) is 0. The molecular formula is C32H56O12. The molecule has 12 nitrogen and oxygen atoms in total. The zero-order chi connectivity index (χ0) is 32.8. The van der Waals surface area contributed by atoms with Gasteiger partial charge in [0.05, 0.1) is 30.5 Å². The van der Waals surface area contributed by atoms with Crippen molar-refractivity contribution in [2.45, 2.75) is 152 Å². The Morgan fingerprint density at radius 1 is 0.886 bits per heavy atom. The molecule has 0 aromatic rings. The van der Waals surface area contributed by atoms with Crippen LogP contribution in [0, 0.1) is 22.7 Å². The average Bonchev–Trinajstić information content (AvgIpc) is 2.96. The number of ether oxygens (including phenoxy) is 4. The molecule has 0 spiro atoms. The average molecular weight is 633 g/mol. The van der Waals surface area contributed by atoms with Gasteiger partial charge in [-0.2, -0.15) is 0 Å². The number of hydrogen-bond acceptors (Lipinski definition) is 12. The number of aliphatic hydroxyl groups excluding tert-OH is 7. The van der Waals surface area contributed by atoms with E-state index in [0.717, 1.165) is 25.7 Å². The Balaban J connectivity index is 1.48. The van der Waals surface area contributed by atoms with Crippen molar-refractivity contribution in [2.75, 3.05) is 13.2 Å². The first kappa shape index (κ1) is 36.1. The van der Waals surface area contributed by atoms with E-state index in [0.29, 0.717) is 19.3 Å². The Morgan fingerprint density at radius 2 is 1.52 bits per heavy atom. The first-order valence-corrected chi connectivity index (χ1v) is 16.1. The van der Waals surface area contributed by atoms with E-state index in [9.17, 15) is 40.9 Å². The summed E-state index contributed by atoms with van der Waals surface area (Å²) in [6.45, 7) is 13.4. The molecule has 256 valence electrons. The molecule has 0 aromatic heterocycles. The van der Waals surface area contributed by atoms with Crippen molar-refractivity contribution >= 4 is 0 Å². The lowest BCUT2D eigenvalue weighted by atomic mass is 9.44. The maximum Gasteiger partial charge on any atom is 0.187 e. The molecule has 2 aliphatic heterocycles. The predicted octanol–water partition coefficient (Wildman–Crippen LogP) is 0.346. The minimum absolute atomic E-state index is 0.139. The Labute approximate surface area is 260 Å². The highest BCUT2D eigenvalue weighted by Crippen LogP contribution is 2.63. The van der Waals surface area contributed by atoms with Gasteiger partial charge >= 0.3 is 0 Å². The van der Waals surface area contributed by atoms with Gasteiger partial charge in [-0.25, -0.2) is 0 Å². The van der Waals surface area contributed by atoms with Crippen molar-refractivity contribution in [2.24, 2.45) is 22.7 Å². The summed E-state index contributed by atoms with van der Waals surface area (Å²) in [5, 5.41) is 83.1. The van der Waals surface area contributed by atoms with Crippen molar-refractivity contribution in [3.8, 4) is 0 Å². The zero-order valence-corrected chi connectivity index (χ0v) is 26.8. The highest BCUT2D eigenvalue weighted by molar-refractivity contribution is 5.09. The second-order valence-electron chi connectivity index (χ2n) is 14.9. The van der Waals surface area contributed by atoms with Gasteiger partial charge in [-0.05, 0) is 82.0 Å². The monoisotopic (exact) mass is 632 g/mol. The van der Waals surface area contributed by atoms with E-state index in [1.54, 1.807) is 19.9 Å². The minimum atomic E-state index is -1.56. The van der Waals surface area contributed by atoms with Gasteiger partial charge in [0.2, 0.25) is 0 Å². The summed E-state index contributed by atoms with van der Waals surface area (Å²) < 4.78 is 23.6. The SMILES string of the molecule is C=C[C@@](C)(CC[C@H]1[C@]2(C)CCC[C@@](C)(CO[C@@H]3O[C@@H](C)[C@H](O)[C@@H](O)[C@H]3O)[C@H]2CC[C@@]1(C)O)O[C@@H]1O[C@H](CO)[C@@H](O)[C@H](O)[C@H]1O. The lowest BCUT2D eigenvalue weighted by molar-refractivity contribution is -0.320. The smallest absolute Gasteiger partial charge is 0.187 e. The van der Waals surface area contributed by atoms with Gasteiger partial charge < -0.3 is 59.8 Å². The third-order valence-electron chi connectivity index (χ3n) is 11.6. The van der Waals surface area contributed by atoms with Crippen LogP contribution < -0.4 is 0 Å². The Bertz CT molecular complexity index is 979. The largest absolute Gasteiger partial charge is 0.394 e. The predicted molar refractivity (Wildman–Crippen MR) is 158 cm³/mol. The molecular weight excluding hydrogens is 576 g/mol. The van der Waals surface area contributed by atoms with Crippen LogP contribution in [0.15, 0.2) is 12.7 Å². The zero-order valence-electron chi connectivity index (χ0n) is 26.8. The van der Waals surface area contributed by atoms with Gasteiger partial charge in [0.1, 0.15) is 42.7 Å². The number of fused-ring (bicyclic) bond motifs is 1. The van der Waals surface area contributed by atoms with Crippen LogP contribution in [0.1, 0.15) is 79.6 Å². The number of rotatable bonds is 10. The van der Waals surface area contributed by atoms with Crippen LogP contribution in [-0.4, -0.2) is 127 Å². The van der Waals surface area contributed by atoms with Crippen molar-refractivity contribution in [1.82, 2.24) is 0 Å². The third-order valence-corrected chi connectivity index (χ3v) is 11.6. The van der Waals surface area contributed by atoms with Crippen molar-refractivity contribution < 1.29 is 59.8 Å². The molecule has 12 heteroatoms. The highest BCUT2D eigenvalue weighted by Gasteiger charge is 2.59. The van der Waals surface area contributed by atoms with E-state index in [1.165, 1.54) is 0 Å². The molecule has 2 aliphatic carbocycles. The molecule has 16 atom stereocenters. The normalized spacial score (nSPS) is 51.3. The van der Waals surface area contributed by atoms with Crippen molar-refractivity contribution in [3.05, 3.63) is 12.7 Å². The lowest BCUT2D eigenvalue weighted by Crippen LogP contribution is -2.61. The van der Waals surface area contributed by atoms with Gasteiger partial charge in [0, 0.05) is 0 Å². The van der Waals surface area contributed by atoms with Crippen LogP contribution >= 0.6 is 0 Å². The molecule has 4 aliphatic rings. The molecule has 2 saturated carbocycles. The fraction of sp³-hybridized carbons (Fsp3) is 0.938. The van der Waals surface area contributed by atoms with Crippen molar-refractivity contribution in [1.29, 1.82) is 0 Å². The summed E-state index contributed by atoms with van der Waals surface area (Å²) in [5.74, 6) is 0.0311. The third kappa shape index (κ3) is 6.79. The van der Waals surface area contributed by atoms with Crippen molar-refractivity contribution in [3.63, 3.8) is 0 Å². The molecule has 8 N–H and O–H groups in total. The second-order valence-corrected chi connectivity index (χ2v) is 14.9. The van der Waals surface area contributed by atoms with Crippen LogP contribution in [0.4, 0.5) is 0 Å². The molecule has 0 bridgehead atoms. The van der Waals surface area contributed by atoms with Crippen LogP contribution in [-0.2, 0) is 18.9 Å². The maximum atomic E-state index is 11.8.